The van der Waals surface area contributed by atoms with E-state index in [0.29, 0.717) is 0 Å². The van der Waals surface area contributed by atoms with Gasteiger partial charge >= 0.3 is 29.6 Å². The summed E-state index contributed by atoms with van der Waals surface area (Å²) in [6.07, 6.45) is 6.65. The molecule has 0 aliphatic rings. The normalized spacial score (nSPS) is 11.4. The van der Waals surface area contributed by atoms with Crippen LogP contribution in [0.2, 0.25) is 0 Å². The first-order chi connectivity index (χ1) is 10.5. The van der Waals surface area contributed by atoms with E-state index in [9.17, 15) is 13.0 Å². The Morgan fingerprint density at radius 1 is 0.957 bits per heavy atom. The molecular formula is C18H25NaO3S. The Kier molecular flexibility index (Phi) is 8.25. The minimum absolute atomic E-state index is 0. The van der Waals surface area contributed by atoms with Crippen molar-refractivity contribution in [3.63, 3.8) is 0 Å². The SMILES string of the molecule is CCCCc1ccc2cc(S(=O)(=O)O)ccc2c1CCCC.[NaH]. The standard InChI is InChI=1S/C18H24O3S.Na.H/c1-3-5-7-14-9-10-15-13-16(22(19,20)21)11-12-18(15)17(14)8-6-4-2;;/h9-13H,3-8H2,1-2H3,(H,19,20,21);;. The van der Waals surface area contributed by atoms with Crippen LogP contribution in [0.5, 0.6) is 0 Å². The zero-order valence-electron chi connectivity index (χ0n) is 13.3. The van der Waals surface area contributed by atoms with E-state index in [1.54, 1.807) is 6.07 Å². The molecule has 0 unspecified atom stereocenters. The van der Waals surface area contributed by atoms with E-state index >= 15 is 0 Å². The van der Waals surface area contributed by atoms with E-state index in [-0.39, 0.29) is 34.5 Å². The molecule has 2 rings (SSSR count). The van der Waals surface area contributed by atoms with Crippen LogP contribution in [-0.4, -0.2) is 42.5 Å². The summed E-state index contributed by atoms with van der Waals surface area (Å²) in [5, 5.41) is 1.98. The Morgan fingerprint density at radius 3 is 2.22 bits per heavy atom. The van der Waals surface area contributed by atoms with Gasteiger partial charge in [0, 0.05) is 0 Å². The van der Waals surface area contributed by atoms with E-state index < -0.39 is 10.1 Å². The summed E-state index contributed by atoms with van der Waals surface area (Å²) in [6, 6.07) is 8.96. The minimum atomic E-state index is -4.15. The number of hydrogen-bond donors (Lipinski definition) is 1. The van der Waals surface area contributed by atoms with Gasteiger partial charge in [0.1, 0.15) is 0 Å². The molecule has 122 valence electrons. The van der Waals surface area contributed by atoms with Crippen molar-refractivity contribution in [1.29, 1.82) is 0 Å². The van der Waals surface area contributed by atoms with Gasteiger partial charge in [-0.25, -0.2) is 0 Å². The molecule has 0 radical (unpaired) electrons. The Hall–Kier alpha value is -0.390. The van der Waals surface area contributed by atoms with Crippen molar-refractivity contribution in [1.82, 2.24) is 0 Å². The summed E-state index contributed by atoms with van der Waals surface area (Å²) in [4.78, 5) is -0.0391. The molecule has 2 aromatic carbocycles. The summed E-state index contributed by atoms with van der Waals surface area (Å²) in [5.74, 6) is 0. The molecule has 0 amide bonds. The van der Waals surface area contributed by atoms with Crippen molar-refractivity contribution in [2.75, 3.05) is 0 Å². The van der Waals surface area contributed by atoms with Crippen molar-refractivity contribution < 1.29 is 13.0 Å². The monoisotopic (exact) mass is 344 g/mol. The Morgan fingerprint density at radius 2 is 1.61 bits per heavy atom. The molecule has 0 fully saturated rings. The second kappa shape index (κ2) is 9.19. The van der Waals surface area contributed by atoms with Crippen molar-refractivity contribution in [3.8, 4) is 0 Å². The summed E-state index contributed by atoms with van der Waals surface area (Å²) < 4.78 is 31.8. The number of benzene rings is 2. The van der Waals surface area contributed by atoms with Gasteiger partial charge in [-0.15, -0.1) is 0 Å². The Bertz CT molecular complexity index is 754. The Balaban J connectivity index is 0.00000264. The Labute approximate surface area is 161 Å². The van der Waals surface area contributed by atoms with E-state index in [0.717, 1.165) is 49.3 Å². The van der Waals surface area contributed by atoms with Crippen LogP contribution in [0.3, 0.4) is 0 Å². The van der Waals surface area contributed by atoms with Crippen LogP contribution < -0.4 is 0 Å². The molecule has 2 aromatic rings. The first-order valence-electron chi connectivity index (χ1n) is 7.99. The molecule has 0 spiro atoms. The molecule has 0 heterocycles. The topological polar surface area (TPSA) is 54.4 Å². The third-order valence-electron chi connectivity index (χ3n) is 4.08. The van der Waals surface area contributed by atoms with Crippen molar-refractivity contribution >= 4 is 50.4 Å². The third kappa shape index (κ3) is 5.30. The molecule has 0 saturated heterocycles. The van der Waals surface area contributed by atoms with Gasteiger partial charge in [-0.1, -0.05) is 44.9 Å². The molecule has 0 atom stereocenters. The number of hydrogen-bond acceptors (Lipinski definition) is 2. The van der Waals surface area contributed by atoms with Crippen LogP contribution in [0.4, 0.5) is 0 Å². The molecule has 0 aliphatic heterocycles. The van der Waals surface area contributed by atoms with Crippen molar-refractivity contribution in [2.24, 2.45) is 0 Å². The third-order valence-corrected chi connectivity index (χ3v) is 4.93. The van der Waals surface area contributed by atoms with Crippen molar-refractivity contribution in [2.45, 2.75) is 57.3 Å². The van der Waals surface area contributed by atoms with Crippen LogP contribution in [-0.2, 0) is 23.0 Å². The maximum atomic E-state index is 11.3. The number of aryl methyl sites for hydroxylation is 2. The molecule has 1 N–H and O–H groups in total. The fourth-order valence-electron chi connectivity index (χ4n) is 2.83. The average Bonchev–Trinajstić information content (AvgIpc) is 2.49. The molecule has 0 aliphatic carbocycles. The molecule has 5 heteroatoms. The van der Waals surface area contributed by atoms with Crippen LogP contribution >= 0.6 is 0 Å². The first kappa shape index (κ1) is 20.7. The fraction of sp³-hybridized carbons (Fsp3) is 0.444. The van der Waals surface area contributed by atoms with E-state index in [1.807, 2.05) is 12.1 Å². The predicted octanol–water partition coefficient (Wildman–Crippen LogP) is 4.12. The summed E-state index contributed by atoms with van der Waals surface area (Å²) in [7, 11) is -4.15. The van der Waals surface area contributed by atoms with E-state index in [2.05, 4.69) is 19.9 Å². The van der Waals surface area contributed by atoms with Crippen LogP contribution in [0.25, 0.3) is 10.8 Å². The molecular weight excluding hydrogens is 319 g/mol. The first-order valence-corrected chi connectivity index (χ1v) is 9.43. The second-order valence-corrected chi connectivity index (χ2v) is 7.19. The van der Waals surface area contributed by atoms with Gasteiger partial charge in [0.05, 0.1) is 4.90 Å². The van der Waals surface area contributed by atoms with Gasteiger partial charge in [0.15, 0.2) is 0 Å². The van der Waals surface area contributed by atoms with Crippen LogP contribution in [0.1, 0.15) is 50.7 Å². The molecule has 0 bridgehead atoms. The number of fused-ring (bicyclic) bond motifs is 1. The van der Waals surface area contributed by atoms with Crippen LogP contribution in [0.15, 0.2) is 35.2 Å². The van der Waals surface area contributed by atoms with E-state index in [4.69, 9.17) is 0 Å². The van der Waals surface area contributed by atoms with Gasteiger partial charge in [0.25, 0.3) is 10.1 Å². The van der Waals surface area contributed by atoms with Crippen LogP contribution in [0, 0.1) is 0 Å². The zero-order chi connectivity index (χ0) is 16.2. The average molecular weight is 344 g/mol. The quantitative estimate of drug-likeness (QED) is 0.607. The summed E-state index contributed by atoms with van der Waals surface area (Å²) in [5.41, 5.74) is 2.69. The molecule has 3 nitrogen and oxygen atoms in total. The molecule has 23 heavy (non-hydrogen) atoms. The van der Waals surface area contributed by atoms with Gasteiger partial charge in [-0.05, 0) is 59.7 Å². The van der Waals surface area contributed by atoms with Gasteiger partial charge in [-0.2, -0.15) is 8.42 Å². The van der Waals surface area contributed by atoms with Gasteiger partial charge in [0.2, 0.25) is 0 Å². The van der Waals surface area contributed by atoms with Gasteiger partial charge in [-0.3, -0.25) is 4.55 Å². The second-order valence-electron chi connectivity index (χ2n) is 5.77. The van der Waals surface area contributed by atoms with E-state index in [1.165, 1.54) is 17.2 Å². The summed E-state index contributed by atoms with van der Waals surface area (Å²) >= 11 is 0. The number of rotatable bonds is 7. The maximum absolute atomic E-state index is 11.3. The van der Waals surface area contributed by atoms with Crippen molar-refractivity contribution in [3.05, 3.63) is 41.5 Å². The number of unbranched alkanes of at least 4 members (excludes halogenated alkanes) is 2. The fourth-order valence-corrected chi connectivity index (χ4v) is 3.34. The molecule has 0 saturated carbocycles. The molecule has 0 aromatic heterocycles. The zero-order valence-corrected chi connectivity index (χ0v) is 14.1. The van der Waals surface area contributed by atoms with Gasteiger partial charge < -0.3 is 0 Å². The summed E-state index contributed by atoms with van der Waals surface area (Å²) in [6.45, 7) is 4.36. The predicted molar refractivity (Wildman–Crippen MR) is 98.1 cm³/mol.